The molecule has 1 aliphatic heterocycles. The molecule has 0 atom stereocenters. The molecule has 1 aromatic carbocycles. The molecule has 0 saturated heterocycles. The minimum Gasteiger partial charge on any atom is -0.493 e. The summed E-state index contributed by atoms with van der Waals surface area (Å²) < 4.78 is 10.9. The van der Waals surface area contributed by atoms with E-state index in [0.717, 1.165) is 42.5 Å². The van der Waals surface area contributed by atoms with Crippen LogP contribution in [0.25, 0.3) is 0 Å². The number of aliphatic hydroxyl groups is 1. The number of ether oxygens (including phenoxy) is 2. The number of fused-ring (bicyclic) bond motifs is 1. The van der Waals surface area contributed by atoms with Gasteiger partial charge in [0.2, 0.25) is 5.95 Å². The van der Waals surface area contributed by atoms with E-state index in [1.165, 1.54) is 11.1 Å². The SMILES string of the molecule is COc1cc2c(cc1OC)CN(c1cc(C(C)C)nc(NCCCO)n1)CC2. The zero-order chi connectivity index (χ0) is 20.1. The molecular weight excluding hydrogens is 356 g/mol. The van der Waals surface area contributed by atoms with Crippen molar-refractivity contribution >= 4 is 11.8 Å². The third-order valence-corrected chi connectivity index (χ3v) is 4.98. The molecule has 0 spiro atoms. The van der Waals surface area contributed by atoms with E-state index in [1.807, 2.05) is 0 Å². The molecule has 0 unspecified atom stereocenters. The maximum atomic E-state index is 9.01. The van der Waals surface area contributed by atoms with Crippen molar-refractivity contribution in [3.63, 3.8) is 0 Å². The first kappa shape index (κ1) is 20.2. The molecule has 1 aromatic heterocycles. The van der Waals surface area contributed by atoms with Crippen molar-refractivity contribution in [2.75, 3.05) is 44.1 Å². The van der Waals surface area contributed by atoms with Crippen LogP contribution in [-0.2, 0) is 13.0 Å². The quantitative estimate of drug-likeness (QED) is 0.675. The first-order chi connectivity index (χ1) is 13.5. The maximum absolute atomic E-state index is 9.01. The van der Waals surface area contributed by atoms with E-state index in [4.69, 9.17) is 19.6 Å². The van der Waals surface area contributed by atoms with Crippen LogP contribution < -0.4 is 19.7 Å². The zero-order valence-corrected chi connectivity index (χ0v) is 17.2. The molecule has 152 valence electrons. The number of aliphatic hydroxyl groups excluding tert-OH is 1. The van der Waals surface area contributed by atoms with Crippen LogP contribution in [0.3, 0.4) is 0 Å². The predicted molar refractivity (Wildman–Crippen MR) is 111 cm³/mol. The molecule has 0 bridgehead atoms. The molecule has 1 aliphatic rings. The summed E-state index contributed by atoms with van der Waals surface area (Å²) in [7, 11) is 3.33. The van der Waals surface area contributed by atoms with Crippen LogP contribution in [-0.4, -0.2) is 49.0 Å². The van der Waals surface area contributed by atoms with Gasteiger partial charge >= 0.3 is 0 Å². The summed E-state index contributed by atoms with van der Waals surface area (Å²) >= 11 is 0. The minimum atomic E-state index is 0.151. The number of anilines is 2. The fraction of sp³-hybridized carbons (Fsp3) is 0.524. The van der Waals surface area contributed by atoms with Gasteiger partial charge in [-0.3, -0.25) is 0 Å². The lowest BCUT2D eigenvalue weighted by Crippen LogP contribution is -2.31. The van der Waals surface area contributed by atoms with Gasteiger partial charge < -0.3 is 24.8 Å². The number of nitrogens with one attached hydrogen (secondary N) is 1. The normalized spacial score (nSPS) is 13.4. The van der Waals surface area contributed by atoms with Crippen molar-refractivity contribution in [3.05, 3.63) is 35.0 Å². The first-order valence-corrected chi connectivity index (χ1v) is 9.78. The molecular formula is C21H30N4O3. The van der Waals surface area contributed by atoms with Gasteiger partial charge in [-0.2, -0.15) is 4.98 Å². The lowest BCUT2D eigenvalue weighted by Gasteiger charge is -2.31. The molecule has 2 N–H and O–H groups in total. The third-order valence-electron chi connectivity index (χ3n) is 4.98. The number of hydrogen-bond donors (Lipinski definition) is 2. The third kappa shape index (κ3) is 4.47. The highest BCUT2D eigenvalue weighted by atomic mass is 16.5. The average molecular weight is 386 g/mol. The topological polar surface area (TPSA) is 79.7 Å². The lowest BCUT2D eigenvalue weighted by atomic mass is 9.98. The molecule has 0 radical (unpaired) electrons. The van der Waals surface area contributed by atoms with E-state index in [0.29, 0.717) is 24.8 Å². The second-order valence-corrected chi connectivity index (χ2v) is 7.28. The predicted octanol–water partition coefficient (Wildman–Crippen LogP) is 2.97. The number of aromatic nitrogens is 2. The van der Waals surface area contributed by atoms with Gasteiger partial charge in [0.25, 0.3) is 0 Å². The Hall–Kier alpha value is -2.54. The van der Waals surface area contributed by atoms with Crippen molar-refractivity contribution in [2.24, 2.45) is 0 Å². The van der Waals surface area contributed by atoms with Crippen LogP contribution in [0.5, 0.6) is 11.5 Å². The molecule has 2 aromatic rings. The number of nitrogens with zero attached hydrogens (tertiary/aromatic N) is 3. The Balaban J connectivity index is 1.87. The average Bonchev–Trinajstić information content (AvgIpc) is 2.72. The molecule has 0 saturated carbocycles. The summed E-state index contributed by atoms with van der Waals surface area (Å²) in [6.45, 7) is 6.71. The van der Waals surface area contributed by atoms with Gasteiger partial charge in [0.15, 0.2) is 11.5 Å². The molecule has 0 aliphatic carbocycles. The molecule has 0 fully saturated rings. The van der Waals surface area contributed by atoms with Crippen LogP contribution in [0, 0.1) is 0 Å². The van der Waals surface area contributed by atoms with Crippen molar-refractivity contribution < 1.29 is 14.6 Å². The summed E-state index contributed by atoms with van der Waals surface area (Å²) in [5.41, 5.74) is 3.52. The molecule has 0 amide bonds. The highest BCUT2D eigenvalue weighted by Crippen LogP contribution is 2.34. The van der Waals surface area contributed by atoms with E-state index in [9.17, 15) is 0 Å². The van der Waals surface area contributed by atoms with Crippen molar-refractivity contribution in [1.82, 2.24) is 9.97 Å². The molecule has 2 heterocycles. The maximum Gasteiger partial charge on any atom is 0.224 e. The second kappa shape index (κ2) is 9.10. The van der Waals surface area contributed by atoms with E-state index in [1.54, 1.807) is 14.2 Å². The van der Waals surface area contributed by atoms with Gasteiger partial charge in [-0.15, -0.1) is 0 Å². The zero-order valence-electron chi connectivity index (χ0n) is 17.2. The summed E-state index contributed by atoms with van der Waals surface area (Å²) in [5.74, 6) is 3.37. The van der Waals surface area contributed by atoms with Gasteiger partial charge in [0, 0.05) is 32.3 Å². The molecule has 7 nitrogen and oxygen atoms in total. The Kier molecular flexibility index (Phi) is 6.57. The van der Waals surface area contributed by atoms with E-state index >= 15 is 0 Å². The largest absolute Gasteiger partial charge is 0.493 e. The summed E-state index contributed by atoms with van der Waals surface area (Å²) in [5, 5.41) is 12.2. The van der Waals surface area contributed by atoms with E-state index in [-0.39, 0.29) is 6.61 Å². The van der Waals surface area contributed by atoms with Gasteiger partial charge in [-0.1, -0.05) is 13.8 Å². The van der Waals surface area contributed by atoms with Crippen LogP contribution in [0.15, 0.2) is 18.2 Å². The van der Waals surface area contributed by atoms with Crippen LogP contribution in [0.4, 0.5) is 11.8 Å². The molecule has 28 heavy (non-hydrogen) atoms. The number of rotatable bonds is 8. The lowest BCUT2D eigenvalue weighted by molar-refractivity contribution is 0.292. The molecule has 7 heteroatoms. The second-order valence-electron chi connectivity index (χ2n) is 7.28. The van der Waals surface area contributed by atoms with E-state index in [2.05, 4.69) is 47.2 Å². The highest BCUT2D eigenvalue weighted by Gasteiger charge is 2.22. The van der Waals surface area contributed by atoms with Crippen LogP contribution >= 0.6 is 0 Å². The fourth-order valence-electron chi connectivity index (χ4n) is 3.35. The Morgan fingerprint density at radius 2 is 1.82 bits per heavy atom. The van der Waals surface area contributed by atoms with Crippen LogP contribution in [0.2, 0.25) is 0 Å². The standard InChI is InChI=1S/C21H30N4O3/c1-14(2)17-12-20(24-21(23-17)22-7-5-9-26)25-8-6-15-10-18(27-3)19(28-4)11-16(15)13-25/h10-12,14,26H,5-9,13H2,1-4H3,(H,22,23,24). The van der Waals surface area contributed by atoms with Crippen molar-refractivity contribution in [1.29, 1.82) is 0 Å². The Morgan fingerprint density at radius 3 is 2.46 bits per heavy atom. The van der Waals surface area contributed by atoms with Crippen molar-refractivity contribution in [3.8, 4) is 11.5 Å². The highest BCUT2D eigenvalue weighted by molar-refractivity contribution is 5.53. The summed E-state index contributed by atoms with van der Waals surface area (Å²) in [6, 6.07) is 6.21. The van der Waals surface area contributed by atoms with Gasteiger partial charge in [0.1, 0.15) is 5.82 Å². The monoisotopic (exact) mass is 386 g/mol. The summed E-state index contributed by atoms with van der Waals surface area (Å²) in [4.78, 5) is 11.6. The Labute approximate surface area is 166 Å². The van der Waals surface area contributed by atoms with Crippen molar-refractivity contribution in [2.45, 2.75) is 39.2 Å². The minimum absolute atomic E-state index is 0.151. The van der Waals surface area contributed by atoms with Gasteiger partial charge in [-0.05, 0) is 42.0 Å². The van der Waals surface area contributed by atoms with E-state index < -0.39 is 0 Å². The Morgan fingerprint density at radius 1 is 1.11 bits per heavy atom. The number of benzene rings is 1. The first-order valence-electron chi connectivity index (χ1n) is 9.78. The summed E-state index contributed by atoms with van der Waals surface area (Å²) in [6.07, 6.45) is 1.59. The molecule has 3 rings (SSSR count). The van der Waals surface area contributed by atoms with Gasteiger partial charge in [-0.25, -0.2) is 4.98 Å². The smallest absolute Gasteiger partial charge is 0.224 e. The Bertz CT molecular complexity index is 810. The number of methoxy groups -OCH3 is 2. The fourth-order valence-corrected chi connectivity index (χ4v) is 3.35. The van der Waals surface area contributed by atoms with Gasteiger partial charge in [0.05, 0.1) is 19.9 Å². The number of hydrogen-bond acceptors (Lipinski definition) is 7. The van der Waals surface area contributed by atoms with Crippen LogP contribution in [0.1, 0.15) is 43.0 Å².